The largest absolute Gasteiger partial charge is 0.487 e. The second kappa shape index (κ2) is 21.5. The van der Waals surface area contributed by atoms with Crippen molar-refractivity contribution in [2.45, 2.75) is 75.7 Å². The molecule has 0 radical (unpaired) electrons. The van der Waals surface area contributed by atoms with Gasteiger partial charge < -0.3 is 39.4 Å². The fourth-order valence-electron chi connectivity index (χ4n) is 4.87. The van der Waals surface area contributed by atoms with E-state index in [1.165, 1.54) is 6.08 Å². The molecule has 0 aromatic heterocycles. The maximum absolute atomic E-state index is 14.4. The Kier molecular flexibility index (Phi) is 17.9. The molecule has 6 atom stereocenters. The van der Waals surface area contributed by atoms with Crippen LogP contribution in [0.5, 0.6) is 5.75 Å². The molecule has 1 aromatic rings. The van der Waals surface area contributed by atoms with Crippen LogP contribution >= 0.6 is 0 Å². The summed E-state index contributed by atoms with van der Waals surface area (Å²) in [6.07, 6.45) is 3.69. The first-order chi connectivity index (χ1) is 23.3. The van der Waals surface area contributed by atoms with Crippen molar-refractivity contribution in [2.24, 2.45) is 11.8 Å². The Balaban J connectivity index is 1.62. The van der Waals surface area contributed by atoms with E-state index in [1.807, 2.05) is 0 Å². The third kappa shape index (κ3) is 17.5. The SMILES string of the molecule is C[C@@H](COC(=O)CCC/C=C\C[C@@H]1[C@@H](/C=C/C(F)(F)COc2ccccc2)[C@H](O)C[C@@H]1O)NC(=O)CCOCC(CO[N+](=O)[O-])O[N+](=O)[O-]. The van der Waals surface area contributed by atoms with Gasteiger partial charge in [-0.1, -0.05) is 36.4 Å². The number of carbonyl (C=O) groups excluding carboxylic acids is 2. The fourth-order valence-corrected chi connectivity index (χ4v) is 4.87. The third-order valence-electron chi connectivity index (χ3n) is 7.26. The van der Waals surface area contributed by atoms with Crippen LogP contribution in [0.1, 0.15) is 45.4 Å². The first-order valence-electron chi connectivity index (χ1n) is 15.6. The number of aliphatic hydroxyl groups excluding tert-OH is 2. The second-order valence-electron chi connectivity index (χ2n) is 11.4. The normalized spacial score (nSPS) is 20.5. The average Bonchev–Trinajstić information content (AvgIpc) is 3.31. The van der Waals surface area contributed by atoms with Crippen LogP contribution in [0.3, 0.4) is 0 Å². The summed E-state index contributed by atoms with van der Waals surface area (Å²) < 4.78 is 44.2. The van der Waals surface area contributed by atoms with Gasteiger partial charge in [0.25, 0.3) is 16.1 Å². The molecule has 1 unspecified atom stereocenters. The first-order valence-corrected chi connectivity index (χ1v) is 15.6. The number of hydrogen-bond donors (Lipinski definition) is 3. The second-order valence-corrected chi connectivity index (χ2v) is 11.4. The summed E-state index contributed by atoms with van der Waals surface area (Å²) in [7, 11) is 0. The standard InChI is InChI=1S/C31H43F2N3O13/c1-22(34-29(39)14-16-45-19-24(49-36(43)44)20-48-35(41)42)18-46-30(40)12-8-3-2-7-11-25-26(28(38)17-27(25)37)13-15-31(32,33)21-47-23-9-5-4-6-10-23/h2,4-7,9-10,13,15,22,24-28,37-38H,3,8,11-12,14,16-21H2,1H3,(H,34,39)/b7-2-,15-13+/t22-,24?,25+,26+,27-,28+/m0/s1. The van der Waals surface area contributed by atoms with Crippen molar-refractivity contribution in [3.8, 4) is 5.75 Å². The third-order valence-corrected chi connectivity index (χ3v) is 7.26. The van der Waals surface area contributed by atoms with Crippen LogP contribution in [0.2, 0.25) is 0 Å². The first kappa shape index (κ1) is 40.8. The number of halogens is 2. The highest BCUT2D eigenvalue weighted by Crippen LogP contribution is 2.37. The minimum absolute atomic E-state index is 0.0730. The molecule has 0 saturated heterocycles. The lowest BCUT2D eigenvalue weighted by atomic mass is 9.89. The number of amides is 1. The van der Waals surface area contributed by atoms with Gasteiger partial charge in [0.1, 0.15) is 19.0 Å². The number of rotatable bonds is 24. The molecule has 49 heavy (non-hydrogen) atoms. The van der Waals surface area contributed by atoms with Gasteiger partial charge in [-0.3, -0.25) is 9.59 Å². The lowest BCUT2D eigenvalue weighted by Gasteiger charge is -2.20. The molecule has 0 bridgehead atoms. The maximum atomic E-state index is 14.4. The zero-order valence-electron chi connectivity index (χ0n) is 27.0. The predicted molar refractivity (Wildman–Crippen MR) is 166 cm³/mol. The Hall–Kier alpha value is -4.42. The van der Waals surface area contributed by atoms with Crippen molar-refractivity contribution in [3.05, 3.63) is 74.9 Å². The molecule has 274 valence electrons. The number of nitrogens with zero attached hydrogens (tertiary/aromatic N) is 2. The van der Waals surface area contributed by atoms with Gasteiger partial charge in [-0.05, 0) is 50.3 Å². The van der Waals surface area contributed by atoms with Gasteiger partial charge in [-0.25, -0.2) is 0 Å². The van der Waals surface area contributed by atoms with E-state index in [1.54, 1.807) is 49.4 Å². The van der Waals surface area contributed by atoms with Crippen LogP contribution in [-0.2, 0) is 28.7 Å². The molecule has 2 rings (SSSR count). The Morgan fingerprint density at radius 1 is 1.06 bits per heavy atom. The molecular weight excluding hydrogens is 660 g/mol. The van der Waals surface area contributed by atoms with Crippen molar-refractivity contribution in [3.63, 3.8) is 0 Å². The van der Waals surface area contributed by atoms with Crippen LogP contribution in [0, 0.1) is 32.1 Å². The molecule has 16 nitrogen and oxygen atoms in total. The van der Waals surface area contributed by atoms with E-state index in [9.17, 15) is 48.8 Å². The zero-order chi connectivity index (χ0) is 36.2. The summed E-state index contributed by atoms with van der Waals surface area (Å²) in [6, 6.07) is 7.70. The van der Waals surface area contributed by atoms with E-state index in [0.29, 0.717) is 31.1 Å². The molecule has 18 heteroatoms. The number of alkyl halides is 2. The van der Waals surface area contributed by atoms with Gasteiger partial charge >= 0.3 is 5.97 Å². The average molecular weight is 704 g/mol. The number of unbranched alkanes of at least 4 members (excludes halogenated alkanes) is 1. The number of para-hydroxylation sites is 1. The number of esters is 1. The van der Waals surface area contributed by atoms with Crippen molar-refractivity contribution in [1.29, 1.82) is 0 Å². The topological polar surface area (TPSA) is 219 Å². The Morgan fingerprint density at radius 2 is 1.80 bits per heavy atom. The van der Waals surface area contributed by atoms with E-state index in [2.05, 4.69) is 15.0 Å². The number of ether oxygens (including phenoxy) is 3. The molecule has 1 amide bonds. The van der Waals surface area contributed by atoms with Crippen molar-refractivity contribution in [2.75, 3.05) is 33.0 Å². The van der Waals surface area contributed by atoms with E-state index >= 15 is 0 Å². The fraction of sp³-hybridized carbons (Fsp3) is 0.613. The van der Waals surface area contributed by atoms with Gasteiger partial charge in [-0.2, -0.15) is 8.78 Å². The van der Waals surface area contributed by atoms with Crippen molar-refractivity contribution >= 4 is 11.9 Å². The summed E-state index contributed by atoms with van der Waals surface area (Å²) in [5.41, 5.74) is 0. The van der Waals surface area contributed by atoms with Crippen LogP contribution in [0.15, 0.2) is 54.6 Å². The quantitative estimate of drug-likeness (QED) is 0.0464. The number of nitrogens with one attached hydrogen (secondary N) is 1. The smallest absolute Gasteiger partial charge is 0.305 e. The lowest BCUT2D eigenvalue weighted by Crippen LogP contribution is -2.37. The molecule has 3 N–H and O–H groups in total. The van der Waals surface area contributed by atoms with Gasteiger partial charge in [0, 0.05) is 25.2 Å². The van der Waals surface area contributed by atoms with E-state index in [-0.39, 0.29) is 32.5 Å². The molecule has 1 aliphatic carbocycles. The summed E-state index contributed by atoms with van der Waals surface area (Å²) >= 11 is 0. The number of hydrogen-bond acceptors (Lipinski definition) is 13. The summed E-state index contributed by atoms with van der Waals surface area (Å²) in [6.45, 7) is -0.668. The molecule has 1 saturated carbocycles. The minimum Gasteiger partial charge on any atom is -0.487 e. The van der Waals surface area contributed by atoms with E-state index in [0.717, 1.165) is 0 Å². The number of carbonyl (C=O) groups is 2. The van der Waals surface area contributed by atoms with Crippen LogP contribution < -0.4 is 10.1 Å². The minimum atomic E-state index is -3.28. The van der Waals surface area contributed by atoms with Gasteiger partial charge in [0.05, 0.1) is 31.5 Å². The molecular formula is C31H43F2N3O13. The Labute approximate surface area is 281 Å². The zero-order valence-corrected chi connectivity index (χ0v) is 27.0. The predicted octanol–water partition coefficient (Wildman–Crippen LogP) is 2.97. The molecule has 0 aliphatic heterocycles. The molecule has 1 fully saturated rings. The Morgan fingerprint density at radius 3 is 2.49 bits per heavy atom. The number of benzene rings is 1. The molecule has 1 aliphatic rings. The van der Waals surface area contributed by atoms with Crippen LogP contribution in [0.4, 0.5) is 8.78 Å². The van der Waals surface area contributed by atoms with Crippen LogP contribution in [-0.4, -0.2) is 95.6 Å². The van der Waals surface area contributed by atoms with Gasteiger partial charge in [0.2, 0.25) is 5.91 Å². The highest BCUT2D eigenvalue weighted by molar-refractivity contribution is 5.76. The van der Waals surface area contributed by atoms with Crippen molar-refractivity contribution in [1.82, 2.24) is 5.32 Å². The van der Waals surface area contributed by atoms with E-state index < -0.39 is 84.0 Å². The van der Waals surface area contributed by atoms with Gasteiger partial charge in [-0.15, -0.1) is 20.2 Å². The summed E-state index contributed by atoms with van der Waals surface area (Å²) in [5, 5.41) is 41.8. The molecule has 0 heterocycles. The highest BCUT2D eigenvalue weighted by atomic mass is 19.3. The van der Waals surface area contributed by atoms with E-state index in [4.69, 9.17) is 14.2 Å². The monoisotopic (exact) mass is 703 g/mol. The molecule has 0 spiro atoms. The van der Waals surface area contributed by atoms with Gasteiger partial charge in [0.15, 0.2) is 12.7 Å². The van der Waals surface area contributed by atoms with Crippen molar-refractivity contribution < 1.29 is 62.6 Å². The number of aliphatic hydroxyl groups is 2. The lowest BCUT2D eigenvalue weighted by molar-refractivity contribution is -0.790. The Bertz CT molecular complexity index is 1240. The summed E-state index contributed by atoms with van der Waals surface area (Å²) in [5.74, 6) is -5.03. The maximum Gasteiger partial charge on any atom is 0.305 e. The summed E-state index contributed by atoms with van der Waals surface area (Å²) in [4.78, 5) is 53.1. The highest BCUT2D eigenvalue weighted by Gasteiger charge is 2.40. The van der Waals surface area contributed by atoms with Crippen LogP contribution in [0.25, 0.3) is 0 Å². The number of allylic oxidation sites excluding steroid dienone is 2. The molecule has 1 aromatic carbocycles.